The van der Waals surface area contributed by atoms with E-state index in [1.165, 1.54) is 74.2 Å². The minimum absolute atomic E-state index is 0. The standard InChI is InChI=1S/C29H24NS.C14H16NSi.Ir/c1-3-9-20(10-4-1)22-17-18-30-26(19-22)24-16-15-23(21-11-5-2-6-12-21)28-25-13-7-8-14-27(25)31-29(24)28;1-16(2,3)13-9-10-14(15-11-13)12-7-5-4-6-8-12;/h2,5-8,11-15,17-20H,1,3-4,9-10H2;4-7,9-11H,1-3H3;/q2*-1;. The van der Waals surface area contributed by atoms with Gasteiger partial charge in [-0.15, -0.1) is 53.6 Å². The zero-order chi connectivity index (χ0) is 32.2. The van der Waals surface area contributed by atoms with E-state index in [9.17, 15) is 0 Å². The van der Waals surface area contributed by atoms with Gasteiger partial charge in [0.1, 0.15) is 0 Å². The fourth-order valence-electron chi connectivity index (χ4n) is 6.63. The van der Waals surface area contributed by atoms with Gasteiger partial charge in [0, 0.05) is 37.2 Å². The van der Waals surface area contributed by atoms with Gasteiger partial charge in [0.2, 0.25) is 0 Å². The van der Waals surface area contributed by atoms with Crippen molar-refractivity contribution in [2.75, 3.05) is 0 Å². The van der Waals surface area contributed by atoms with Gasteiger partial charge in [0.05, 0.1) is 8.07 Å². The van der Waals surface area contributed by atoms with E-state index in [2.05, 4.69) is 122 Å². The Labute approximate surface area is 303 Å². The van der Waals surface area contributed by atoms with Gasteiger partial charge in [-0.2, -0.15) is 11.3 Å². The van der Waals surface area contributed by atoms with Crippen molar-refractivity contribution in [3.05, 3.63) is 139 Å². The van der Waals surface area contributed by atoms with E-state index in [0.717, 1.165) is 22.5 Å². The van der Waals surface area contributed by atoms with Crippen LogP contribution >= 0.6 is 11.3 Å². The Bertz CT molecular complexity index is 2100. The van der Waals surface area contributed by atoms with Crippen LogP contribution in [0.4, 0.5) is 0 Å². The van der Waals surface area contributed by atoms with E-state index in [-0.39, 0.29) is 20.1 Å². The van der Waals surface area contributed by atoms with Crippen LogP contribution in [0.3, 0.4) is 0 Å². The zero-order valence-electron chi connectivity index (χ0n) is 27.8. The van der Waals surface area contributed by atoms with E-state index in [4.69, 9.17) is 4.98 Å². The predicted octanol–water partition coefficient (Wildman–Crippen LogP) is 11.7. The molecule has 1 aliphatic carbocycles. The summed E-state index contributed by atoms with van der Waals surface area (Å²) in [4.78, 5) is 9.32. The van der Waals surface area contributed by atoms with E-state index in [1.54, 1.807) is 0 Å². The van der Waals surface area contributed by atoms with Gasteiger partial charge in [-0.25, -0.2) is 0 Å². The van der Waals surface area contributed by atoms with Crippen molar-refractivity contribution in [1.29, 1.82) is 0 Å². The smallest absolute Gasteiger partial charge is 0.0795 e. The summed E-state index contributed by atoms with van der Waals surface area (Å²) >= 11 is 1.86. The van der Waals surface area contributed by atoms with Gasteiger partial charge < -0.3 is 9.97 Å². The average Bonchev–Trinajstić information content (AvgIpc) is 3.52. The summed E-state index contributed by atoms with van der Waals surface area (Å²) in [6, 6.07) is 45.2. The maximum Gasteiger partial charge on any atom is 0.0795 e. The number of fused-ring (bicyclic) bond motifs is 3. The Balaban J connectivity index is 0.000000201. The molecule has 0 aliphatic heterocycles. The Morgan fingerprint density at radius 3 is 2.25 bits per heavy atom. The van der Waals surface area contributed by atoms with Crippen LogP contribution in [0.5, 0.6) is 0 Å². The van der Waals surface area contributed by atoms with Crippen molar-refractivity contribution in [3.63, 3.8) is 0 Å². The Kier molecular flexibility index (Phi) is 10.8. The molecule has 0 saturated heterocycles. The second kappa shape index (κ2) is 15.2. The summed E-state index contributed by atoms with van der Waals surface area (Å²) in [5.74, 6) is 0.678. The second-order valence-electron chi connectivity index (χ2n) is 13.5. The molecule has 0 amide bonds. The Morgan fingerprint density at radius 2 is 1.52 bits per heavy atom. The first kappa shape index (κ1) is 34.1. The number of aromatic nitrogens is 2. The van der Waals surface area contributed by atoms with Gasteiger partial charge in [0.15, 0.2) is 0 Å². The van der Waals surface area contributed by atoms with Crippen molar-refractivity contribution in [2.24, 2.45) is 0 Å². The van der Waals surface area contributed by atoms with Crippen LogP contribution in [0, 0.1) is 12.1 Å². The molecular weight excluding hydrogens is 797 g/mol. The number of thiophene rings is 1. The molecule has 0 N–H and O–H groups in total. The van der Waals surface area contributed by atoms with E-state index in [0.29, 0.717) is 5.92 Å². The minimum atomic E-state index is -1.23. The van der Waals surface area contributed by atoms with Gasteiger partial charge in [0.25, 0.3) is 0 Å². The van der Waals surface area contributed by atoms with Crippen LogP contribution in [-0.2, 0) is 20.1 Å². The Morgan fingerprint density at radius 1 is 0.750 bits per heavy atom. The van der Waals surface area contributed by atoms with Gasteiger partial charge in [-0.3, -0.25) is 0 Å². The molecule has 4 aromatic carbocycles. The van der Waals surface area contributed by atoms with Crippen LogP contribution in [0.25, 0.3) is 53.8 Å². The molecule has 1 saturated carbocycles. The molecule has 0 spiro atoms. The van der Waals surface area contributed by atoms with Crippen LogP contribution < -0.4 is 5.19 Å². The van der Waals surface area contributed by atoms with Crippen LogP contribution in [0.15, 0.2) is 122 Å². The summed E-state index contributed by atoms with van der Waals surface area (Å²) in [6.07, 6.45) is 10.7. The van der Waals surface area contributed by atoms with Crippen molar-refractivity contribution in [3.8, 4) is 33.6 Å². The molecule has 8 rings (SSSR count). The van der Waals surface area contributed by atoms with Crippen LogP contribution in [0.1, 0.15) is 43.6 Å². The van der Waals surface area contributed by atoms with E-state index >= 15 is 0 Å². The molecule has 2 nitrogen and oxygen atoms in total. The molecule has 48 heavy (non-hydrogen) atoms. The third kappa shape index (κ3) is 7.45. The number of rotatable bonds is 5. The quantitative estimate of drug-likeness (QED) is 0.127. The number of hydrogen-bond acceptors (Lipinski definition) is 3. The minimum Gasteiger partial charge on any atom is -0.305 e. The Hall–Kier alpha value is -3.73. The summed E-state index contributed by atoms with van der Waals surface area (Å²) in [5.41, 5.74) is 8.18. The van der Waals surface area contributed by atoms with Crippen LogP contribution in [-0.4, -0.2) is 18.0 Å². The second-order valence-corrected chi connectivity index (χ2v) is 19.6. The molecule has 3 aromatic heterocycles. The molecule has 0 atom stereocenters. The third-order valence-corrected chi connectivity index (χ3v) is 12.5. The molecule has 1 radical (unpaired) electrons. The summed E-state index contributed by atoms with van der Waals surface area (Å²) in [5, 5.41) is 4.04. The SMILES string of the molecule is C[Si](C)(C)c1ccc(-c2[c-]cccc2)nc1.[Ir].[c-]1cc(-c2ccccc2)c2c(sc3ccccc32)c1-c1cc(C2CCCCC2)ccn1. The topological polar surface area (TPSA) is 25.8 Å². The molecule has 1 aliphatic rings. The molecule has 5 heteroatoms. The molecule has 3 heterocycles. The summed E-state index contributed by atoms with van der Waals surface area (Å²) in [7, 11) is -1.23. The number of pyridine rings is 2. The van der Waals surface area contributed by atoms with Crippen molar-refractivity contribution < 1.29 is 20.1 Å². The monoisotopic (exact) mass is 837 g/mol. The van der Waals surface area contributed by atoms with Gasteiger partial charge in [-0.1, -0.05) is 128 Å². The van der Waals surface area contributed by atoms with Crippen molar-refractivity contribution in [2.45, 2.75) is 57.7 Å². The zero-order valence-corrected chi connectivity index (χ0v) is 32.0. The van der Waals surface area contributed by atoms with Gasteiger partial charge in [-0.05, 0) is 57.6 Å². The molecule has 7 aromatic rings. The average molecular weight is 837 g/mol. The van der Waals surface area contributed by atoms with Gasteiger partial charge >= 0.3 is 0 Å². The number of hydrogen-bond donors (Lipinski definition) is 0. The molecule has 0 bridgehead atoms. The normalized spacial score (nSPS) is 13.5. The molecule has 0 unspecified atom stereocenters. The largest absolute Gasteiger partial charge is 0.305 e. The molecule has 243 valence electrons. The first-order valence-corrected chi connectivity index (χ1v) is 21.1. The number of nitrogens with zero attached hydrogens (tertiary/aromatic N) is 2. The summed E-state index contributed by atoms with van der Waals surface area (Å²) in [6.45, 7) is 7.00. The first-order valence-electron chi connectivity index (χ1n) is 16.8. The summed E-state index contributed by atoms with van der Waals surface area (Å²) < 4.78 is 2.61. The third-order valence-electron chi connectivity index (χ3n) is 9.27. The van der Waals surface area contributed by atoms with E-state index < -0.39 is 8.07 Å². The predicted molar refractivity (Wildman–Crippen MR) is 204 cm³/mol. The fourth-order valence-corrected chi connectivity index (χ4v) is 8.90. The van der Waals surface area contributed by atoms with Crippen molar-refractivity contribution in [1.82, 2.24) is 9.97 Å². The van der Waals surface area contributed by atoms with E-state index in [1.807, 2.05) is 48.0 Å². The first-order chi connectivity index (χ1) is 23.0. The van der Waals surface area contributed by atoms with Crippen LogP contribution in [0.2, 0.25) is 19.6 Å². The molecular formula is C43H40IrN2SSi-2. The fraction of sp³-hybridized carbons (Fsp3) is 0.209. The molecule has 1 fully saturated rings. The van der Waals surface area contributed by atoms with Crippen molar-refractivity contribution >= 4 is 44.8 Å². The maximum absolute atomic E-state index is 4.80. The maximum atomic E-state index is 4.80. The number of benzene rings is 4.